The van der Waals surface area contributed by atoms with Crippen LogP contribution in [0.1, 0.15) is 31.0 Å². The van der Waals surface area contributed by atoms with E-state index in [1.165, 1.54) is 12.8 Å². The van der Waals surface area contributed by atoms with E-state index < -0.39 is 0 Å². The van der Waals surface area contributed by atoms with Gasteiger partial charge in [-0.3, -0.25) is 4.98 Å². The van der Waals surface area contributed by atoms with Gasteiger partial charge in [0, 0.05) is 43.8 Å². The van der Waals surface area contributed by atoms with Crippen LogP contribution < -0.4 is 10.2 Å². The average Bonchev–Trinajstić information content (AvgIpc) is 2.53. The lowest BCUT2D eigenvalue weighted by molar-refractivity contribution is 0.444. The second kappa shape index (κ2) is 6.73. The second-order valence-electron chi connectivity index (χ2n) is 6.10. The maximum atomic E-state index is 4.69. The molecule has 1 aliphatic rings. The molecule has 0 bridgehead atoms. The number of rotatable bonds is 4. The van der Waals surface area contributed by atoms with E-state index in [9.17, 15) is 0 Å². The molecule has 0 aromatic carbocycles. The van der Waals surface area contributed by atoms with E-state index in [1.54, 1.807) is 6.20 Å². The topological polar surface area (TPSA) is 53.9 Å². The molecule has 0 aliphatic carbocycles. The molecule has 0 amide bonds. The van der Waals surface area contributed by atoms with Crippen LogP contribution >= 0.6 is 0 Å². The summed E-state index contributed by atoms with van der Waals surface area (Å²) in [5, 5.41) is 3.30. The molecule has 1 saturated heterocycles. The van der Waals surface area contributed by atoms with E-state index >= 15 is 0 Å². The predicted octanol–water partition coefficient (Wildman–Crippen LogP) is 3.03. The molecule has 2 aromatic heterocycles. The zero-order chi connectivity index (χ0) is 15.4. The van der Waals surface area contributed by atoms with Gasteiger partial charge in [0.1, 0.15) is 5.82 Å². The Bertz CT molecular complexity index is 614. The Labute approximate surface area is 131 Å². The van der Waals surface area contributed by atoms with Gasteiger partial charge in [-0.2, -0.15) is 4.98 Å². The minimum Gasteiger partial charge on any atom is -0.356 e. The van der Waals surface area contributed by atoms with Gasteiger partial charge in [0.05, 0.1) is 0 Å². The third-order valence-corrected chi connectivity index (χ3v) is 4.00. The lowest BCUT2D eigenvalue weighted by Gasteiger charge is -2.32. The molecule has 22 heavy (non-hydrogen) atoms. The Morgan fingerprint density at radius 1 is 1.36 bits per heavy atom. The molecule has 1 fully saturated rings. The monoisotopic (exact) mass is 297 g/mol. The van der Waals surface area contributed by atoms with Crippen molar-refractivity contribution in [1.29, 1.82) is 0 Å². The largest absolute Gasteiger partial charge is 0.356 e. The van der Waals surface area contributed by atoms with Crippen LogP contribution in [0.4, 0.5) is 11.8 Å². The number of nitrogens with one attached hydrogen (secondary N) is 1. The molecule has 2 aromatic rings. The highest BCUT2D eigenvalue weighted by Gasteiger charge is 2.18. The molecule has 0 saturated carbocycles. The molecule has 116 valence electrons. The Kier molecular flexibility index (Phi) is 4.51. The van der Waals surface area contributed by atoms with Crippen LogP contribution in [0.25, 0.3) is 0 Å². The van der Waals surface area contributed by atoms with Crippen LogP contribution in [0, 0.1) is 12.8 Å². The van der Waals surface area contributed by atoms with Crippen molar-refractivity contribution >= 4 is 11.8 Å². The molecule has 3 heterocycles. The first-order chi connectivity index (χ1) is 10.7. The van der Waals surface area contributed by atoms with Gasteiger partial charge in [0.2, 0.25) is 5.95 Å². The predicted molar refractivity (Wildman–Crippen MR) is 88.9 cm³/mol. The normalized spacial score (nSPS) is 18.3. The fourth-order valence-electron chi connectivity index (χ4n) is 2.87. The lowest BCUT2D eigenvalue weighted by atomic mass is 10.0. The maximum Gasteiger partial charge on any atom is 0.225 e. The van der Waals surface area contributed by atoms with Gasteiger partial charge in [-0.05, 0) is 37.3 Å². The third-order valence-electron chi connectivity index (χ3n) is 4.00. The molecule has 5 heteroatoms. The number of aryl methyl sites for hydroxylation is 1. The van der Waals surface area contributed by atoms with Crippen molar-refractivity contribution in [2.45, 2.75) is 33.2 Å². The number of pyridine rings is 1. The Hall–Kier alpha value is -2.17. The van der Waals surface area contributed by atoms with Gasteiger partial charge < -0.3 is 10.2 Å². The van der Waals surface area contributed by atoms with Crippen LogP contribution in [0.3, 0.4) is 0 Å². The van der Waals surface area contributed by atoms with E-state index in [0.717, 1.165) is 36.1 Å². The summed E-state index contributed by atoms with van der Waals surface area (Å²) < 4.78 is 0. The van der Waals surface area contributed by atoms with Crippen molar-refractivity contribution in [2.24, 2.45) is 5.92 Å². The summed E-state index contributed by atoms with van der Waals surface area (Å²) in [7, 11) is 0. The quantitative estimate of drug-likeness (QED) is 0.940. The highest BCUT2D eigenvalue weighted by atomic mass is 15.2. The molecule has 5 nitrogen and oxygen atoms in total. The minimum absolute atomic E-state index is 0.688. The van der Waals surface area contributed by atoms with Gasteiger partial charge in [-0.15, -0.1) is 0 Å². The van der Waals surface area contributed by atoms with Crippen LogP contribution in [-0.2, 0) is 6.54 Å². The summed E-state index contributed by atoms with van der Waals surface area (Å²) in [6.45, 7) is 7.18. The van der Waals surface area contributed by atoms with Crippen LogP contribution in [0.2, 0.25) is 0 Å². The fraction of sp³-hybridized carbons (Fsp3) is 0.471. The van der Waals surface area contributed by atoms with E-state index in [0.29, 0.717) is 12.5 Å². The molecule has 0 spiro atoms. The number of hydrogen-bond acceptors (Lipinski definition) is 5. The summed E-state index contributed by atoms with van der Waals surface area (Å²) in [6, 6.07) is 6.06. The molecule has 1 aliphatic heterocycles. The van der Waals surface area contributed by atoms with Gasteiger partial charge in [-0.1, -0.05) is 13.0 Å². The van der Waals surface area contributed by atoms with Crippen LogP contribution in [0.5, 0.6) is 0 Å². The average molecular weight is 297 g/mol. The van der Waals surface area contributed by atoms with Gasteiger partial charge in [0.15, 0.2) is 0 Å². The number of hydrogen-bond donors (Lipinski definition) is 1. The van der Waals surface area contributed by atoms with E-state index in [1.807, 2.05) is 25.3 Å². The number of nitrogens with zero attached hydrogens (tertiary/aromatic N) is 4. The smallest absolute Gasteiger partial charge is 0.225 e. The molecule has 3 rings (SSSR count). The van der Waals surface area contributed by atoms with Crippen molar-refractivity contribution < 1.29 is 0 Å². The summed E-state index contributed by atoms with van der Waals surface area (Å²) in [5.41, 5.74) is 2.12. The molecular formula is C17H23N5. The lowest BCUT2D eigenvalue weighted by Crippen LogP contribution is -2.35. The maximum absolute atomic E-state index is 4.69. The van der Waals surface area contributed by atoms with E-state index in [2.05, 4.69) is 33.2 Å². The molecular weight excluding hydrogens is 274 g/mol. The fourth-order valence-corrected chi connectivity index (χ4v) is 2.87. The van der Waals surface area contributed by atoms with Crippen LogP contribution in [-0.4, -0.2) is 28.0 Å². The third kappa shape index (κ3) is 3.72. The zero-order valence-electron chi connectivity index (χ0n) is 13.3. The molecule has 1 atom stereocenters. The van der Waals surface area contributed by atoms with Gasteiger partial charge in [-0.25, -0.2) is 4.98 Å². The van der Waals surface area contributed by atoms with Crippen molar-refractivity contribution in [3.63, 3.8) is 0 Å². The number of aromatic nitrogens is 3. The Morgan fingerprint density at radius 2 is 2.27 bits per heavy atom. The number of piperidine rings is 1. The van der Waals surface area contributed by atoms with Crippen LogP contribution in [0.15, 0.2) is 30.6 Å². The second-order valence-corrected chi connectivity index (χ2v) is 6.10. The Morgan fingerprint density at radius 3 is 3.05 bits per heavy atom. The SMILES string of the molecule is Cc1cc(N2CCCC(C)C2)nc(NCc2cccnc2)n1. The van der Waals surface area contributed by atoms with E-state index in [-0.39, 0.29) is 0 Å². The van der Waals surface area contributed by atoms with Crippen molar-refractivity contribution in [3.05, 3.63) is 41.9 Å². The highest BCUT2D eigenvalue weighted by molar-refractivity contribution is 5.45. The first-order valence-corrected chi connectivity index (χ1v) is 7.94. The summed E-state index contributed by atoms with van der Waals surface area (Å²) in [6.07, 6.45) is 6.19. The zero-order valence-corrected chi connectivity index (χ0v) is 13.3. The van der Waals surface area contributed by atoms with E-state index in [4.69, 9.17) is 4.98 Å². The van der Waals surface area contributed by atoms with Gasteiger partial charge in [0.25, 0.3) is 0 Å². The summed E-state index contributed by atoms with van der Waals surface area (Å²) >= 11 is 0. The van der Waals surface area contributed by atoms with Crippen molar-refractivity contribution in [2.75, 3.05) is 23.3 Å². The first-order valence-electron chi connectivity index (χ1n) is 7.94. The first kappa shape index (κ1) is 14.8. The minimum atomic E-state index is 0.688. The standard InChI is InChI=1S/C17H23N5/c1-13-5-4-8-22(12-13)16-9-14(2)20-17(21-16)19-11-15-6-3-7-18-10-15/h3,6-7,9-10,13H,4-5,8,11-12H2,1-2H3,(H,19,20,21). The van der Waals surface area contributed by atoms with Gasteiger partial charge >= 0.3 is 0 Å². The number of anilines is 2. The van der Waals surface area contributed by atoms with Crippen molar-refractivity contribution in [3.8, 4) is 0 Å². The molecule has 1 unspecified atom stereocenters. The summed E-state index contributed by atoms with van der Waals surface area (Å²) in [5.74, 6) is 2.46. The molecule has 1 N–H and O–H groups in total. The summed E-state index contributed by atoms with van der Waals surface area (Å²) in [4.78, 5) is 15.7. The van der Waals surface area contributed by atoms with Crippen molar-refractivity contribution in [1.82, 2.24) is 15.0 Å². The Balaban J connectivity index is 1.72. The highest BCUT2D eigenvalue weighted by Crippen LogP contribution is 2.22. The molecule has 0 radical (unpaired) electrons.